The molecule has 1 saturated heterocycles. The van der Waals surface area contributed by atoms with Crippen molar-refractivity contribution in [3.63, 3.8) is 0 Å². The Labute approximate surface area is 49.3 Å². The maximum Gasteiger partial charge on any atom is 0.301 e. The molecule has 1 heterocycles. The topological polar surface area (TPSA) is 66.4 Å². The number of amides is 1. The molecule has 1 fully saturated rings. The zero-order chi connectivity index (χ0) is 6.15. The van der Waals surface area contributed by atoms with E-state index in [1.54, 1.807) is 0 Å². The van der Waals surface area contributed by atoms with E-state index in [1.807, 2.05) is 5.32 Å². The minimum atomic E-state index is -0.757. The van der Waals surface area contributed by atoms with Gasteiger partial charge in [-0.15, -0.1) is 0 Å². The summed E-state index contributed by atoms with van der Waals surface area (Å²) >= 11 is 0.501. The Kier molecular flexibility index (Phi) is 1.22. The third-order valence-corrected chi connectivity index (χ3v) is 1.26. The highest BCUT2D eigenvalue weighted by Crippen LogP contribution is 2.19. The molecule has 4 nitrogen and oxygen atoms in total. The van der Waals surface area contributed by atoms with E-state index in [2.05, 4.69) is 0 Å². The van der Waals surface area contributed by atoms with E-state index >= 15 is 0 Å². The molecule has 1 radical (unpaired) electrons. The van der Waals surface area contributed by atoms with Crippen molar-refractivity contribution in [2.75, 3.05) is 0 Å². The van der Waals surface area contributed by atoms with Crippen molar-refractivity contribution in [3.8, 4) is 0 Å². The predicted octanol–water partition coefficient (Wildman–Crippen LogP) is -0.805. The monoisotopic (exact) mass is 132 g/mol. The second-order valence-electron chi connectivity index (χ2n) is 1.15. The first kappa shape index (κ1) is 5.58. The van der Waals surface area contributed by atoms with Gasteiger partial charge in [-0.25, -0.2) is 0 Å². The summed E-state index contributed by atoms with van der Waals surface area (Å²) in [5, 5.41) is 9.65. The van der Waals surface area contributed by atoms with Crippen LogP contribution in [-0.2, 0) is 9.59 Å². The maximum absolute atomic E-state index is 10.2. The van der Waals surface area contributed by atoms with E-state index in [0.29, 0.717) is 11.8 Å². The van der Waals surface area contributed by atoms with Gasteiger partial charge in [0.05, 0.1) is 0 Å². The summed E-state index contributed by atoms with van der Waals surface area (Å²) in [6, 6.07) is 0. The molecular weight excluding hydrogens is 130 g/mol. The number of carbonyl (C=O) groups excluding carboxylic acids is 2. The second kappa shape index (κ2) is 1.75. The van der Waals surface area contributed by atoms with Crippen LogP contribution in [0.25, 0.3) is 0 Å². The predicted molar refractivity (Wildman–Crippen MR) is 25.9 cm³/mol. The first-order valence-corrected chi connectivity index (χ1v) is 2.61. The van der Waals surface area contributed by atoms with Crippen LogP contribution in [0.3, 0.4) is 0 Å². The largest absolute Gasteiger partial charge is 0.357 e. The molecule has 1 aliphatic heterocycles. The fourth-order valence-electron chi connectivity index (χ4n) is 0.308. The van der Waals surface area contributed by atoms with Gasteiger partial charge in [0.2, 0.25) is 0 Å². The van der Waals surface area contributed by atoms with Crippen LogP contribution in [0.4, 0.5) is 0 Å². The van der Waals surface area contributed by atoms with Gasteiger partial charge in [0.25, 0.3) is 10.7 Å². The number of thioether (sulfide) groups is 1. The molecular formula is C3H2NO3S. The van der Waals surface area contributed by atoms with Crippen LogP contribution in [-0.4, -0.2) is 16.1 Å². The van der Waals surface area contributed by atoms with Crippen LogP contribution < -0.4 is 5.32 Å². The van der Waals surface area contributed by atoms with E-state index in [-0.39, 0.29) is 5.56 Å². The number of rotatable bonds is 0. The lowest BCUT2D eigenvalue weighted by atomic mass is 10.7. The van der Waals surface area contributed by atoms with E-state index in [1.165, 1.54) is 0 Å². The number of hydrogen-bond donors (Lipinski definition) is 2. The third-order valence-electron chi connectivity index (χ3n) is 0.595. The van der Waals surface area contributed by atoms with Gasteiger partial charge in [0, 0.05) is 0 Å². The molecule has 0 atom stereocenters. The van der Waals surface area contributed by atoms with Gasteiger partial charge >= 0.3 is 5.91 Å². The summed E-state index contributed by atoms with van der Waals surface area (Å²) in [4.78, 5) is 20.3. The second-order valence-corrected chi connectivity index (χ2v) is 2.11. The van der Waals surface area contributed by atoms with Crippen LogP contribution in [0.5, 0.6) is 0 Å². The highest BCUT2D eigenvalue weighted by Gasteiger charge is 2.30. The number of carbonyl (C=O) groups is 2. The first-order chi connectivity index (χ1) is 3.70. The maximum atomic E-state index is 10.2. The van der Waals surface area contributed by atoms with Gasteiger partial charge < -0.3 is 10.4 Å². The minimum Gasteiger partial charge on any atom is -0.357 e. The summed E-state index contributed by atoms with van der Waals surface area (Å²) in [6.07, 6.45) is 0. The first-order valence-electron chi connectivity index (χ1n) is 1.79. The van der Waals surface area contributed by atoms with Crippen LogP contribution >= 0.6 is 11.8 Å². The van der Waals surface area contributed by atoms with E-state index < -0.39 is 11.0 Å². The van der Waals surface area contributed by atoms with Crippen molar-refractivity contribution in [2.24, 2.45) is 0 Å². The Bertz CT molecular complexity index is 129. The number of aliphatic hydroxyl groups is 1. The molecule has 1 aliphatic rings. The fraction of sp³-hybridized carbons (Fsp3) is 0. The lowest BCUT2D eigenvalue weighted by molar-refractivity contribution is -0.132. The molecule has 0 aromatic rings. The average molecular weight is 132 g/mol. The summed E-state index contributed by atoms with van der Waals surface area (Å²) in [6.45, 7) is 0. The molecule has 0 bridgehead atoms. The SMILES string of the molecule is O=C1N[C](O)SC1=O. The molecule has 0 aromatic heterocycles. The Morgan fingerprint density at radius 2 is 2.12 bits per heavy atom. The lowest BCUT2D eigenvalue weighted by Crippen LogP contribution is -2.20. The van der Waals surface area contributed by atoms with Crippen molar-refractivity contribution >= 4 is 22.8 Å². The van der Waals surface area contributed by atoms with Gasteiger partial charge in [-0.1, -0.05) is 0 Å². The third kappa shape index (κ3) is 0.823. The average Bonchev–Trinajstić information content (AvgIpc) is 1.85. The highest BCUT2D eigenvalue weighted by molar-refractivity contribution is 8.18. The molecule has 2 N–H and O–H groups in total. The van der Waals surface area contributed by atoms with Gasteiger partial charge in [-0.2, -0.15) is 0 Å². The number of aliphatic hydroxyl groups excluding tert-OH is 1. The molecule has 0 aromatic carbocycles. The molecule has 0 aliphatic carbocycles. The Hall–Kier alpha value is -0.550. The lowest BCUT2D eigenvalue weighted by Gasteiger charge is -1.89. The standard InChI is InChI=1S/C3H2NO3S/c5-1-2(6)8-3(7)4-1/h7H,(H,4,5). The smallest absolute Gasteiger partial charge is 0.301 e. The van der Waals surface area contributed by atoms with Crippen molar-refractivity contribution in [3.05, 3.63) is 5.56 Å². The molecule has 0 saturated carbocycles. The number of hydrogen-bond acceptors (Lipinski definition) is 4. The molecule has 1 rings (SSSR count). The van der Waals surface area contributed by atoms with Gasteiger partial charge in [0.1, 0.15) is 0 Å². The number of nitrogens with one attached hydrogen (secondary N) is 1. The van der Waals surface area contributed by atoms with Crippen molar-refractivity contribution in [1.82, 2.24) is 5.32 Å². The van der Waals surface area contributed by atoms with Gasteiger partial charge in [-0.05, 0) is 11.8 Å². The van der Waals surface area contributed by atoms with E-state index in [4.69, 9.17) is 5.11 Å². The molecule has 1 amide bonds. The molecule has 5 heteroatoms. The zero-order valence-corrected chi connectivity index (χ0v) is 4.49. The normalized spacial score (nSPS) is 21.6. The summed E-state index contributed by atoms with van der Waals surface area (Å²) in [5.74, 6) is -0.757. The Morgan fingerprint density at radius 1 is 1.50 bits per heavy atom. The van der Waals surface area contributed by atoms with E-state index in [9.17, 15) is 9.59 Å². The fourth-order valence-corrected chi connectivity index (χ4v) is 0.771. The Balaban J connectivity index is 2.64. The minimum absolute atomic E-state index is 0.333. The Morgan fingerprint density at radius 3 is 2.25 bits per heavy atom. The summed E-state index contributed by atoms with van der Waals surface area (Å²) < 4.78 is 0. The molecule has 8 heavy (non-hydrogen) atoms. The molecule has 43 valence electrons. The molecule has 0 spiro atoms. The van der Waals surface area contributed by atoms with Crippen molar-refractivity contribution in [1.29, 1.82) is 0 Å². The summed E-state index contributed by atoms with van der Waals surface area (Å²) in [5.41, 5.74) is -0.333. The zero-order valence-electron chi connectivity index (χ0n) is 3.67. The van der Waals surface area contributed by atoms with Crippen LogP contribution in [0.15, 0.2) is 0 Å². The summed E-state index contributed by atoms with van der Waals surface area (Å²) in [7, 11) is 0. The van der Waals surface area contributed by atoms with Crippen LogP contribution in [0, 0.1) is 5.56 Å². The van der Waals surface area contributed by atoms with Crippen LogP contribution in [0.2, 0.25) is 0 Å². The van der Waals surface area contributed by atoms with Crippen molar-refractivity contribution in [2.45, 2.75) is 0 Å². The highest BCUT2D eigenvalue weighted by atomic mass is 32.2. The van der Waals surface area contributed by atoms with Gasteiger partial charge in [-0.3, -0.25) is 9.59 Å². The van der Waals surface area contributed by atoms with Crippen LogP contribution in [0.1, 0.15) is 0 Å². The van der Waals surface area contributed by atoms with Crippen molar-refractivity contribution < 1.29 is 14.7 Å². The van der Waals surface area contributed by atoms with Gasteiger partial charge in [0.15, 0.2) is 0 Å². The van der Waals surface area contributed by atoms with E-state index in [0.717, 1.165) is 0 Å². The molecule has 0 unspecified atom stereocenters. The quantitative estimate of drug-likeness (QED) is 0.423.